The van der Waals surface area contributed by atoms with Gasteiger partial charge in [0.15, 0.2) is 0 Å². The smallest absolute Gasteiger partial charge is 0.227 e. The molecule has 1 amide bonds. The number of carbonyl (C=O) groups excluding carboxylic acids is 1. The number of aromatic nitrogens is 3. The van der Waals surface area contributed by atoms with E-state index in [9.17, 15) is 9.18 Å². The maximum Gasteiger partial charge on any atom is 0.227 e. The first kappa shape index (κ1) is 15.5. The van der Waals surface area contributed by atoms with Crippen molar-refractivity contribution in [3.8, 4) is 11.3 Å². The van der Waals surface area contributed by atoms with Crippen LogP contribution in [0.3, 0.4) is 0 Å². The van der Waals surface area contributed by atoms with Crippen LogP contribution >= 0.6 is 0 Å². The number of pyridine rings is 1. The van der Waals surface area contributed by atoms with E-state index in [0.717, 1.165) is 16.8 Å². The van der Waals surface area contributed by atoms with Crippen molar-refractivity contribution in [1.29, 1.82) is 0 Å². The molecule has 1 aromatic carbocycles. The molecule has 0 fully saturated rings. The molecule has 4 rings (SSSR count). The van der Waals surface area contributed by atoms with Crippen molar-refractivity contribution < 1.29 is 9.18 Å². The number of halogens is 1. The molecule has 0 bridgehead atoms. The van der Waals surface area contributed by atoms with Gasteiger partial charge < -0.3 is 4.90 Å². The topological polar surface area (TPSA) is 61.9 Å². The quantitative estimate of drug-likeness (QED) is 0.800. The number of amides is 1. The summed E-state index contributed by atoms with van der Waals surface area (Å²) in [4.78, 5) is 18.4. The molecule has 0 unspecified atom stereocenters. The summed E-state index contributed by atoms with van der Waals surface area (Å²) < 4.78 is 14.1. The average Bonchev–Trinajstić information content (AvgIpc) is 3.06. The van der Waals surface area contributed by atoms with Crippen molar-refractivity contribution in [3.05, 3.63) is 71.4 Å². The fraction of sp³-hybridized carbons (Fsp3) is 0.211. The number of benzene rings is 1. The van der Waals surface area contributed by atoms with Gasteiger partial charge in [-0.2, -0.15) is 5.10 Å². The van der Waals surface area contributed by atoms with Gasteiger partial charge >= 0.3 is 0 Å². The summed E-state index contributed by atoms with van der Waals surface area (Å²) in [5.41, 5.74) is 3.87. The third-order valence-corrected chi connectivity index (χ3v) is 4.52. The maximum atomic E-state index is 14.1. The molecule has 126 valence electrons. The predicted molar refractivity (Wildman–Crippen MR) is 91.0 cm³/mol. The van der Waals surface area contributed by atoms with Crippen molar-refractivity contribution in [2.45, 2.75) is 19.4 Å². The average molecular weight is 336 g/mol. The highest BCUT2D eigenvalue weighted by Gasteiger charge is 2.26. The lowest BCUT2D eigenvalue weighted by molar-refractivity contribution is -0.131. The third kappa shape index (κ3) is 3.03. The van der Waals surface area contributed by atoms with Crippen molar-refractivity contribution in [2.75, 3.05) is 6.54 Å². The lowest BCUT2D eigenvalue weighted by Crippen LogP contribution is -2.36. The fourth-order valence-electron chi connectivity index (χ4n) is 3.17. The molecule has 1 aliphatic rings. The normalized spacial score (nSPS) is 13.6. The van der Waals surface area contributed by atoms with E-state index in [1.165, 1.54) is 6.07 Å². The van der Waals surface area contributed by atoms with Crippen LogP contribution in [0.2, 0.25) is 0 Å². The summed E-state index contributed by atoms with van der Waals surface area (Å²) in [7, 11) is 0. The first-order valence-corrected chi connectivity index (χ1v) is 8.20. The number of nitrogens with one attached hydrogen (secondary N) is 1. The summed E-state index contributed by atoms with van der Waals surface area (Å²) in [6.45, 7) is 1.08. The van der Waals surface area contributed by atoms with Gasteiger partial charge in [-0.3, -0.25) is 14.9 Å². The molecular formula is C19H17FN4O. The molecule has 0 aliphatic carbocycles. The van der Waals surface area contributed by atoms with Crippen molar-refractivity contribution in [2.24, 2.45) is 0 Å². The minimum Gasteiger partial charge on any atom is -0.338 e. The van der Waals surface area contributed by atoms with Crippen molar-refractivity contribution >= 4 is 5.91 Å². The fourth-order valence-corrected chi connectivity index (χ4v) is 3.17. The van der Waals surface area contributed by atoms with Gasteiger partial charge in [0.25, 0.3) is 0 Å². The molecule has 0 atom stereocenters. The van der Waals surface area contributed by atoms with E-state index in [1.54, 1.807) is 30.6 Å². The Morgan fingerprint density at radius 2 is 2.00 bits per heavy atom. The van der Waals surface area contributed by atoms with Crippen LogP contribution in [0.4, 0.5) is 4.39 Å². The Balaban J connectivity index is 1.58. The Bertz CT molecular complexity index is 907. The van der Waals surface area contributed by atoms with Crippen LogP contribution in [0.1, 0.15) is 16.8 Å². The molecule has 1 N–H and O–H groups in total. The van der Waals surface area contributed by atoms with Gasteiger partial charge in [0.1, 0.15) is 11.5 Å². The minimum absolute atomic E-state index is 0.0533. The second-order valence-electron chi connectivity index (χ2n) is 6.11. The monoisotopic (exact) mass is 336 g/mol. The molecule has 0 saturated carbocycles. The number of hydrogen-bond acceptors (Lipinski definition) is 3. The van der Waals surface area contributed by atoms with Crippen LogP contribution in [-0.2, 0) is 24.2 Å². The third-order valence-electron chi connectivity index (χ3n) is 4.52. The SMILES string of the molecule is O=C(Cc1ccncc1)N1CCc2[nH]nc(-c3ccccc3F)c2C1. The molecule has 1 aliphatic heterocycles. The van der Waals surface area contributed by atoms with Crippen LogP contribution in [0.25, 0.3) is 11.3 Å². The van der Waals surface area contributed by atoms with Crippen LogP contribution in [0.5, 0.6) is 0 Å². The molecule has 25 heavy (non-hydrogen) atoms. The Morgan fingerprint density at radius 3 is 2.80 bits per heavy atom. The van der Waals surface area contributed by atoms with Crippen LogP contribution in [0, 0.1) is 5.82 Å². The van der Waals surface area contributed by atoms with Gasteiger partial charge in [0.05, 0.1) is 6.42 Å². The highest BCUT2D eigenvalue weighted by atomic mass is 19.1. The maximum absolute atomic E-state index is 14.1. The van der Waals surface area contributed by atoms with Gasteiger partial charge in [-0.15, -0.1) is 0 Å². The Labute approximate surface area is 144 Å². The van der Waals surface area contributed by atoms with E-state index in [-0.39, 0.29) is 11.7 Å². The van der Waals surface area contributed by atoms with E-state index in [1.807, 2.05) is 17.0 Å². The standard InChI is InChI=1S/C19H17FN4O/c20-16-4-2-1-3-14(16)19-15-12-24(10-7-17(15)22-23-19)18(25)11-13-5-8-21-9-6-13/h1-6,8-9H,7,10-12H2,(H,22,23). The number of aromatic amines is 1. The van der Waals surface area contributed by atoms with Gasteiger partial charge in [0.2, 0.25) is 5.91 Å². The van der Waals surface area contributed by atoms with Crippen LogP contribution in [-0.4, -0.2) is 32.5 Å². The molecule has 5 nitrogen and oxygen atoms in total. The minimum atomic E-state index is -0.308. The predicted octanol–water partition coefficient (Wildman–Crippen LogP) is 2.74. The molecule has 3 heterocycles. The van der Waals surface area contributed by atoms with Gasteiger partial charge in [-0.25, -0.2) is 4.39 Å². The Kier molecular flexibility index (Phi) is 4.01. The van der Waals surface area contributed by atoms with E-state index in [0.29, 0.717) is 37.2 Å². The van der Waals surface area contributed by atoms with E-state index >= 15 is 0 Å². The number of carbonyl (C=O) groups is 1. The highest BCUT2D eigenvalue weighted by molar-refractivity contribution is 5.79. The van der Waals surface area contributed by atoms with E-state index in [2.05, 4.69) is 15.2 Å². The molecule has 0 saturated heterocycles. The first-order chi connectivity index (χ1) is 12.2. The second kappa shape index (κ2) is 6.47. The van der Waals surface area contributed by atoms with Crippen LogP contribution < -0.4 is 0 Å². The molecule has 0 spiro atoms. The molecule has 2 aromatic heterocycles. The second-order valence-corrected chi connectivity index (χ2v) is 6.11. The van der Waals surface area contributed by atoms with E-state index in [4.69, 9.17) is 0 Å². The summed E-state index contributed by atoms with van der Waals surface area (Å²) in [5, 5.41) is 7.29. The molecule has 3 aromatic rings. The number of hydrogen-bond donors (Lipinski definition) is 1. The number of fused-ring (bicyclic) bond motifs is 1. The zero-order valence-electron chi connectivity index (χ0n) is 13.6. The summed E-state index contributed by atoms with van der Waals surface area (Å²) in [6, 6.07) is 10.3. The molecular weight excluding hydrogens is 319 g/mol. The lowest BCUT2D eigenvalue weighted by atomic mass is 10.00. The Hall–Kier alpha value is -3.02. The largest absolute Gasteiger partial charge is 0.338 e. The highest BCUT2D eigenvalue weighted by Crippen LogP contribution is 2.30. The van der Waals surface area contributed by atoms with Crippen LogP contribution in [0.15, 0.2) is 48.8 Å². The number of H-pyrrole nitrogens is 1. The van der Waals surface area contributed by atoms with Crippen molar-refractivity contribution in [1.82, 2.24) is 20.1 Å². The van der Waals surface area contributed by atoms with E-state index < -0.39 is 0 Å². The molecule has 0 radical (unpaired) electrons. The molecule has 6 heteroatoms. The van der Waals surface area contributed by atoms with Crippen molar-refractivity contribution in [3.63, 3.8) is 0 Å². The summed E-state index contributed by atoms with van der Waals surface area (Å²) >= 11 is 0. The van der Waals surface area contributed by atoms with Gasteiger partial charge in [0, 0.05) is 48.7 Å². The lowest BCUT2D eigenvalue weighted by Gasteiger charge is -2.27. The van der Waals surface area contributed by atoms with Gasteiger partial charge in [-0.05, 0) is 29.8 Å². The summed E-state index contributed by atoms with van der Waals surface area (Å²) in [6.07, 6.45) is 4.40. The number of rotatable bonds is 3. The van der Waals surface area contributed by atoms with Gasteiger partial charge in [-0.1, -0.05) is 12.1 Å². The Morgan fingerprint density at radius 1 is 1.20 bits per heavy atom. The summed E-state index contributed by atoms with van der Waals surface area (Å²) in [5.74, 6) is -0.255. The first-order valence-electron chi connectivity index (χ1n) is 8.20. The number of nitrogens with zero attached hydrogens (tertiary/aromatic N) is 3. The zero-order valence-corrected chi connectivity index (χ0v) is 13.6. The zero-order chi connectivity index (χ0) is 17.2.